The van der Waals surface area contributed by atoms with Gasteiger partial charge in [0.2, 0.25) is 0 Å². The Bertz CT molecular complexity index is 1110. The van der Waals surface area contributed by atoms with Gasteiger partial charge in [0, 0.05) is 49.7 Å². The zero-order valence-electron chi connectivity index (χ0n) is 18.9. The number of ether oxygens (including phenoxy) is 1. The number of carbonyl (C=O) groups is 2. The second kappa shape index (κ2) is 9.24. The Balaban J connectivity index is 1.39. The van der Waals surface area contributed by atoms with E-state index in [0.717, 1.165) is 21.9 Å². The molecule has 2 heterocycles. The topological polar surface area (TPSA) is 113 Å². The molecular weight excluding hydrogens is 440 g/mol. The first-order valence-corrected chi connectivity index (χ1v) is 11.4. The van der Waals surface area contributed by atoms with Crippen LogP contribution in [0.2, 0.25) is 0 Å². The third-order valence-corrected chi connectivity index (χ3v) is 6.65. The number of thiazole rings is 1. The lowest BCUT2D eigenvalue weighted by Gasteiger charge is -2.28. The molecule has 9 nitrogen and oxygen atoms in total. The van der Waals surface area contributed by atoms with Crippen LogP contribution in [-0.4, -0.2) is 55.2 Å². The number of hydrogen-bond acceptors (Lipinski definition) is 7. The molecule has 3 amide bonds. The number of benzene rings is 1. The molecule has 4 N–H and O–H groups in total. The first kappa shape index (κ1) is 22.8. The van der Waals surface area contributed by atoms with E-state index in [1.165, 1.54) is 11.3 Å². The summed E-state index contributed by atoms with van der Waals surface area (Å²) in [5.74, 6) is 0.261. The number of fused-ring (bicyclic) bond motifs is 1. The average molecular weight is 469 g/mol. The Morgan fingerprint density at radius 2 is 2.03 bits per heavy atom. The van der Waals surface area contributed by atoms with Gasteiger partial charge in [0.25, 0.3) is 5.91 Å². The maximum Gasteiger partial charge on any atom is 0.322 e. The van der Waals surface area contributed by atoms with Gasteiger partial charge in [-0.15, -0.1) is 11.3 Å². The van der Waals surface area contributed by atoms with Gasteiger partial charge in [-0.1, -0.05) is 6.08 Å². The van der Waals surface area contributed by atoms with Crippen LogP contribution in [0.15, 0.2) is 48.3 Å². The van der Waals surface area contributed by atoms with E-state index >= 15 is 0 Å². The first-order valence-electron chi connectivity index (χ1n) is 10.6. The largest absolute Gasteiger partial charge is 0.497 e. The van der Waals surface area contributed by atoms with Crippen molar-refractivity contribution in [2.75, 3.05) is 38.0 Å². The van der Waals surface area contributed by atoms with Crippen LogP contribution >= 0.6 is 11.3 Å². The molecule has 1 aliphatic heterocycles. The molecule has 2 aromatic rings. The van der Waals surface area contributed by atoms with Crippen molar-refractivity contribution < 1.29 is 14.3 Å². The lowest BCUT2D eigenvalue weighted by atomic mass is 10.0. The van der Waals surface area contributed by atoms with Gasteiger partial charge in [-0.3, -0.25) is 4.79 Å². The highest BCUT2D eigenvalue weighted by atomic mass is 32.1. The van der Waals surface area contributed by atoms with Crippen LogP contribution in [0.4, 0.5) is 16.2 Å². The number of allylic oxidation sites excluding steroid dienone is 1. The van der Waals surface area contributed by atoms with Crippen LogP contribution in [0.1, 0.15) is 26.8 Å². The maximum absolute atomic E-state index is 12.8. The molecule has 0 radical (unpaired) electrons. The molecule has 1 unspecified atom stereocenters. The second-order valence-corrected chi connectivity index (χ2v) is 9.37. The third kappa shape index (κ3) is 5.18. The number of carbonyl (C=O) groups excluding carboxylic acids is 2. The van der Waals surface area contributed by atoms with E-state index in [1.54, 1.807) is 18.1 Å². The lowest BCUT2D eigenvalue weighted by molar-refractivity contribution is 0.0916. The van der Waals surface area contributed by atoms with E-state index < -0.39 is 5.66 Å². The molecule has 1 aromatic carbocycles. The predicted molar refractivity (Wildman–Crippen MR) is 129 cm³/mol. The third-order valence-electron chi connectivity index (χ3n) is 5.57. The summed E-state index contributed by atoms with van der Waals surface area (Å²) in [5, 5.41) is 6.13. The zero-order chi connectivity index (χ0) is 23.6. The Morgan fingerprint density at radius 3 is 2.73 bits per heavy atom. The number of rotatable bonds is 5. The summed E-state index contributed by atoms with van der Waals surface area (Å²) in [4.78, 5) is 34.7. The van der Waals surface area contributed by atoms with Gasteiger partial charge in [0.1, 0.15) is 11.4 Å². The number of nitrogens with zero attached hydrogens (tertiary/aromatic N) is 3. The molecule has 0 saturated heterocycles. The SMILES string of the molecule is COC1=CC(N)(NC(=O)c2nc3c(s2)CN(C(=O)Nc2ccc(N(C)C)cc2)CC3)CC=C1. The molecule has 174 valence electrons. The molecule has 33 heavy (non-hydrogen) atoms. The van der Waals surface area contributed by atoms with Crippen molar-refractivity contribution in [1.29, 1.82) is 0 Å². The smallest absolute Gasteiger partial charge is 0.322 e. The quantitative estimate of drug-likeness (QED) is 0.582. The van der Waals surface area contributed by atoms with Gasteiger partial charge in [-0.25, -0.2) is 9.78 Å². The summed E-state index contributed by atoms with van der Waals surface area (Å²) in [6.07, 6.45) is 6.41. The minimum atomic E-state index is -1.03. The van der Waals surface area contributed by atoms with Gasteiger partial charge in [0.15, 0.2) is 5.01 Å². The van der Waals surface area contributed by atoms with E-state index in [-0.39, 0.29) is 11.9 Å². The average Bonchev–Trinajstić information content (AvgIpc) is 3.23. The van der Waals surface area contributed by atoms with E-state index in [1.807, 2.05) is 55.4 Å². The molecule has 1 aromatic heterocycles. The van der Waals surface area contributed by atoms with Gasteiger partial charge >= 0.3 is 6.03 Å². The van der Waals surface area contributed by atoms with Crippen LogP contribution in [-0.2, 0) is 17.7 Å². The van der Waals surface area contributed by atoms with Crippen molar-refractivity contribution in [1.82, 2.24) is 15.2 Å². The van der Waals surface area contributed by atoms with Crippen molar-refractivity contribution >= 4 is 34.6 Å². The van der Waals surface area contributed by atoms with Crippen molar-refractivity contribution in [3.8, 4) is 0 Å². The number of aromatic nitrogens is 1. The van der Waals surface area contributed by atoms with E-state index in [0.29, 0.717) is 36.7 Å². The molecule has 2 aliphatic rings. The number of nitrogens with one attached hydrogen (secondary N) is 2. The van der Waals surface area contributed by atoms with Crippen molar-refractivity contribution in [2.45, 2.75) is 25.0 Å². The van der Waals surface area contributed by atoms with Crippen LogP contribution in [0, 0.1) is 0 Å². The van der Waals surface area contributed by atoms with Crippen LogP contribution in [0.25, 0.3) is 0 Å². The number of methoxy groups -OCH3 is 1. The highest BCUT2D eigenvalue weighted by molar-refractivity contribution is 7.13. The summed E-state index contributed by atoms with van der Waals surface area (Å²) < 4.78 is 5.22. The fraction of sp³-hybridized carbons (Fsp3) is 0.348. The summed E-state index contributed by atoms with van der Waals surface area (Å²) in [7, 11) is 5.49. The fourth-order valence-corrected chi connectivity index (χ4v) is 4.74. The van der Waals surface area contributed by atoms with E-state index in [9.17, 15) is 9.59 Å². The standard InChI is InChI=1S/C23H28N6O3S/c1-28(2)16-8-6-15(7-9-16)25-22(31)29-12-10-18-19(14-29)33-21(26-18)20(30)27-23(24)11-4-5-17(13-23)32-3/h4-9,13H,10-12,14,24H2,1-3H3,(H,25,31)(H,27,30). The molecule has 0 saturated carbocycles. The zero-order valence-corrected chi connectivity index (χ0v) is 19.7. The minimum absolute atomic E-state index is 0.176. The summed E-state index contributed by atoms with van der Waals surface area (Å²) in [6, 6.07) is 7.49. The maximum atomic E-state index is 12.8. The Hall–Kier alpha value is -3.37. The normalized spacial score (nSPS) is 19.4. The molecule has 1 aliphatic carbocycles. The molecule has 1 atom stereocenters. The number of anilines is 2. The molecule has 10 heteroatoms. The molecule has 4 rings (SSSR count). The fourth-order valence-electron chi connectivity index (χ4n) is 3.72. The predicted octanol–water partition coefficient (Wildman–Crippen LogP) is 2.67. The summed E-state index contributed by atoms with van der Waals surface area (Å²) >= 11 is 1.29. The van der Waals surface area contributed by atoms with E-state index in [4.69, 9.17) is 10.5 Å². The van der Waals surface area contributed by atoms with Gasteiger partial charge in [-0.05, 0) is 36.4 Å². The van der Waals surface area contributed by atoms with E-state index in [2.05, 4.69) is 15.6 Å². The Morgan fingerprint density at radius 1 is 1.27 bits per heavy atom. The van der Waals surface area contributed by atoms with Crippen LogP contribution < -0.4 is 21.3 Å². The molecule has 0 fully saturated rings. The minimum Gasteiger partial charge on any atom is -0.497 e. The highest BCUT2D eigenvalue weighted by Crippen LogP contribution is 2.27. The Kier molecular flexibility index (Phi) is 6.39. The summed E-state index contributed by atoms with van der Waals surface area (Å²) in [5.41, 5.74) is 7.94. The highest BCUT2D eigenvalue weighted by Gasteiger charge is 2.30. The van der Waals surface area contributed by atoms with Crippen molar-refractivity contribution in [2.24, 2.45) is 5.73 Å². The summed E-state index contributed by atoms with van der Waals surface area (Å²) in [6.45, 7) is 0.942. The Labute approximate surface area is 196 Å². The van der Waals surface area contributed by atoms with Crippen LogP contribution in [0.3, 0.4) is 0 Å². The lowest BCUT2D eigenvalue weighted by Crippen LogP contribution is -2.55. The van der Waals surface area contributed by atoms with Crippen molar-refractivity contribution in [3.63, 3.8) is 0 Å². The molecule has 0 bridgehead atoms. The van der Waals surface area contributed by atoms with Crippen molar-refractivity contribution in [3.05, 3.63) is 63.8 Å². The van der Waals surface area contributed by atoms with Crippen LogP contribution in [0.5, 0.6) is 0 Å². The second-order valence-electron chi connectivity index (χ2n) is 8.28. The van der Waals surface area contributed by atoms with Gasteiger partial charge in [0.05, 0.1) is 19.3 Å². The number of urea groups is 1. The monoisotopic (exact) mass is 468 g/mol. The molecule has 0 spiro atoms. The number of nitrogens with two attached hydrogens (primary N) is 1. The molecular formula is C23H28N6O3S. The number of amides is 3. The first-order chi connectivity index (χ1) is 15.8. The van der Waals surface area contributed by atoms with Gasteiger partial charge in [-0.2, -0.15) is 0 Å². The van der Waals surface area contributed by atoms with Gasteiger partial charge < -0.3 is 30.9 Å². The number of hydrogen-bond donors (Lipinski definition) is 3.